The van der Waals surface area contributed by atoms with Crippen LogP contribution in [0.5, 0.6) is 0 Å². The van der Waals surface area contributed by atoms with E-state index in [0.717, 1.165) is 17.0 Å². The van der Waals surface area contributed by atoms with Gasteiger partial charge in [0, 0.05) is 18.2 Å². The van der Waals surface area contributed by atoms with Crippen LogP contribution in [0.15, 0.2) is 18.3 Å². The fraction of sp³-hybridized carbons (Fsp3) is 0.400. The first kappa shape index (κ1) is 15.0. The van der Waals surface area contributed by atoms with Crippen molar-refractivity contribution < 1.29 is 9.53 Å². The zero-order valence-corrected chi connectivity index (χ0v) is 13.1. The molecule has 0 bridgehead atoms. The number of pyridine rings is 1. The van der Waals surface area contributed by atoms with Crippen molar-refractivity contribution in [3.8, 4) is 0 Å². The SMILES string of the molecule is C[C@@H]1Cc2c(C(=O)NCc3ccc(Cl)cn3)n[nH]c2[C@H](C)O1. The van der Waals surface area contributed by atoms with Gasteiger partial charge in [0.25, 0.3) is 5.91 Å². The molecule has 0 aliphatic carbocycles. The molecule has 1 amide bonds. The smallest absolute Gasteiger partial charge is 0.272 e. The van der Waals surface area contributed by atoms with Gasteiger partial charge in [-0.15, -0.1) is 0 Å². The number of carbonyl (C=O) groups excluding carboxylic acids is 1. The second kappa shape index (κ2) is 6.06. The van der Waals surface area contributed by atoms with Crippen LogP contribution in [-0.2, 0) is 17.7 Å². The van der Waals surface area contributed by atoms with Crippen molar-refractivity contribution in [2.24, 2.45) is 0 Å². The molecule has 116 valence electrons. The third-order valence-electron chi connectivity index (χ3n) is 3.67. The maximum Gasteiger partial charge on any atom is 0.272 e. The van der Waals surface area contributed by atoms with Crippen molar-refractivity contribution in [2.75, 3.05) is 0 Å². The van der Waals surface area contributed by atoms with Crippen LogP contribution in [0.1, 0.15) is 47.4 Å². The summed E-state index contributed by atoms with van der Waals surface area (Å²) in [5.74, 6) is -0.212. The number of carbonyl (C=O) groups is 1. The highest BCUT2D eigenvalue weighted by Crippen LogP contribution is 2.29. The molecule has 0 radical (unpaired) electrons. The Morgan fingerprint density at radius 2 is 2.32 bits per heavy atom. The number of H-pyrrole nitrogens is 1. The van der Waals surface area contributed by atoms with Crippen molar-refractivity contribution in [3.63, 3.8) is 0 Å². The fourth-order valence-corrected chi connectivity index (χ4v) is 2.74. The van der Waals surface area contributed by atoms with Gasteiger partial charge in [-0.25, -0.2) is 0 Å². The molecule has 7 heteroatoms. The monoisotopic (exact) mass is 320 g/mol. The Labute approximate surface area is 133 Å². The Bertz CT molecular complexity index is 683. The molecular weight excluding hydrogens is 304 g/mol. The molecule has 3 rings (SSSR count). The van der Waals surface area contributed by atoms with Gasteiger partial charge in [-0.05, 0) is 26.0 Å². The summed E-state index contributed by atoms with van der Waals surface area (Å²) >= 11 is 5.79. The number of nitrogens with one attached hydrogen (secondary N) is 2. The normalized spacial score (nSPS) is 20.5. The van der Waals surface area contributed by atoms with Crippen molar-refractivity contribution >= 4 is 17.5 Å². The van der Waals surface area contributed by atoms with E-state index in [1.54, 1.807) is 18.3 Å². The van der Waals surface area contributed by atoms with Crippen LogP contribution in [0, 0.1) is 0 Å². The second-order valence-electron chi connectivity index (χ2n) is 5.41. The van der Waals surface area contributed by atoms with Crippen molar-refractivity contribution in [1.82, 2.24) is 20.5 Å². The van der Waals surface area contributed by atoms with E-state index >= 15 is 0 Å². The molecule has 0 saturated carbocycles. The number of halogens is 1. The largest absolute Gasteiger partial charge is 0.369 e. The van der Waals surface area contributed by atoms with Gasteiger partial charge in [-0.3, -0.25) is 14.9 Å². The van der Waals surface area contributed by atoms with E-state index in [0.29, 0.717) is 23.7 Å². The summed E-state index contributed by atoms with van der Waals surface area (Å²) in [4.78, 5) is 16.5. The number of ether oxygens (including phenoxy) is 1. The lowest BCUT2D eigenvalue weighted by molar-refractivity contribution is -0.00697. The van der Waals surface area contributed by atoms with Gasteiger partial charge >= 0.3 is 0 Å². The molecule has 2 aromatic heterocycles. The van der Waals surface area contributed by atoms with E-state index < -0.39 is 0 Å². The highest BCUT2D eigenvalue weighted by Gasteiger charge is 2.29. The number of hydrogen-bond acceptors (Lipinski definition) is 4. The molecule has 1 aliphatic rings. The Balaban J connectivity index is 1.72. The first-order valence-corrected chi connectivity index (χ1v) is 7.53. The predicted molar refractivity (Wildman–Crippen MR) is 81.7 cm³/mol. The second-order valence-corrected chi connectivity index (χ2v) is 5.84. The molecular formula is C15H17ClN4O2. The van der Waals surface area contributed by atoms with Gasteiger partial charge in [0.15, 0.2) is 5.69 Å². The molecule has 0 fully saturated rings. The molecule has 0 aromatic carbocycles. The minimum Gasteiger partial charge on any atom is -0.369 e. The van der Waals surface area contributed by atoms with E-state index in [1.807, 2.05) is 13.8 Å². The van der Waals surface area contributed by atoms with Crippen LogP contribution in [0.4, 0.5) is 0 Å². The molecule has 22 heavy (non-hydrogen) atoms. The van der Waals surface area contributed by atoms with E-state index in [4.69, 9.17) is 16.3 Å². The molecule has 2 aromatic rings. The summed E-state index contributed by atoms with van der Waals surface area (Å²) in [5, 5.41) is 10.5. The fourth-order valence-electron chi connectivity index (χ4n) is 2.63. The van der Waals surface area contributed by atoms with E-state index in [2.05, 4.69) is 20.5 Å². The third kappa shape index (κ3) is 2.98. The molecule has 2 N–H and O–H groups in total. The highest BCUT2D eigenvalue weighted by atomic mass is 35.5. The maximum atomic E-state index is 12.3. The summed E-state index contributed by atoms with van der Waals surface area (Å²) in [7, 11) is 0. The number of nitrogens with zero attached hydrogens (tertiary/aromatic N) is 2. The standard InChI is InChI=1S/C15H17ClN4O2/c1-8-5-12-13(9(2)22-8)19-20-14(12)15(21)18-7-11-4-3-10(16)6-17-11/h3-4,6,8-9H,5,7H2,1-2H3,(H,18,21)(H,19,20)/t8-,9+/m1/s1. The van der Waals surface area contributed by atoms with Gasteiger partial charge in [-0.2, -0.15) is 5.10 Å². The van der Waals surface area contributed by atoms with E-state index in [1.165, 1.54) is 0 Å². The van der Waals surface area contributed by atoms with Gasteiger partial charge < -0.3 is 10.1 Å². The van der Waals surface area contributed by atoms with Crippen LogP contribution >= 0.6 is 11.6 Å². The number of hydrogen-bond donors (Lipinski definition) is 2. The molecule has 2 atom stereocenters. The van der Waals surface area contributed by atoms with Gasteiger partial charge in [0.2, 0.25) is 0 Å². The number of fused-ring (bicyclic) bond motifs is 1. The minimum absolute atomic E-state index is 0.0737. The molecule has 0 unspecified atom stereocenters. The zero-order chi connectivity index (χ0) is 15.7. The topological polar surface area (TPSA) is 79.9 Å². The van der Waals surface area contributed by atoms with Crippen LogP contribution < -0.4 is 5.32 Å². The van der Waals surface area contributed by atoms with Crippen molar-refractivity contribution in [1.29, 1.82) is 0 Å². The lowest BCUT2D eigenvalue weighted by Crippen LogP contribution is -2.27. The quantitative estimate of drug-likeness (QED) is 0.910. The third-order valence-corrected chi connectivity index (χ3v) is 3.89. The van der Waals surface area contributed by atoms with Gasteiger partial charge in [0.1, 0.15) is 0 Å². The minimum atomic E-state index is -0.212. The maximum absolute atomic E-state index is 12.3. The number of rotatable bonds is 3. The summed E-state index contributed by atoms with van der Waals surface area (Å²) in [5.41, 5.74) is 3.00. The van der Waals surface area contributed by atoms with E-state index in [-0.39, 0.29) is 18.1 Å². The Morgan fingerprint density at radius 3 is 3.05 bits per heavy atom. The Morgan fingerprint density at radius 1 is 1.50 bits per heavy atom. The van der Waals surface area contributed by atoms with Crippen LogP contribution in [0.3, 0.4) is 0 Å². The lowest BCUT2D eigenvalue weighted by atomic mass is 9.99. The van der Waals surface area contributed by atoms with Crippen LogP contribution in [0.25, 0.3) is 0 Å². The summed E-state index contributed by atoms with van der Waals surface area (Å²) < 4.78 is 5.72. The molecule has 0 spiro atoms. The summed E-state index contributed by atoms with van der Waals surface area (Å²) in [6.45, 7) is 4.27. The Hall–Kier alpha value is -1.92. The highest BCUT2D eigenvalue weighted by molar-refractivity contribution is 6.30. The summed E-state index contributed by atoms with van der Waals surface area (Å²) in [6, 6.07) is 3.52. The molecule has 3 heterocycles. The first-order valence-electron chi connectivity index (χ1n) is 7.16. The van der Waals surface area contributed by atoms with Gasteiger partial charge in [0.05, 0.1) is 35.2 Å². The van der Waals surface area contributed by atoms with Crippen LogP contribution in [-0.4, -0.2) is 27.2 Å². The zero-order valence-electron chi connectivity index (χ0n) is 12.4. The number of amides is 1. The number of aromatic nitrogens is 3. The number of aromatic amines is 1. The first-order chi connectivity index (χ1) is 10.5. The summed E-state index contributed by atoms with van der Waals surface area (Å²) in [6.07, 6.45) is 2.23. The molecule has 1 aliphatic heterocycles. The van der Waals surface area contributed by atoms with E-state index in [9.17, 15) is 4.79 Å². The Kier molecular flexibility index (Phi) is 4.13. The van der Waals surface area contributed by atoms with Crippen molar-refractivity contribution in [3.05, 3.63) is 46.0 Å². The molecule has 0 saturated heterocycles. The lowest BCUT2D eigenvalue weighted by Gasteiger charge is -2.25. The average Bonchev–Trinajstić information content (AvgIpc) is 2.90. The molecule has 6 nitrogen and oxygen atoms in total. The van der Waals surface area contributed by atoms with Crippen LogP contribution in [0.2, 0.25) is 5.02 Å². The van der Waals surface area contributed by atoms with Gasteiger partial charge in [-0.1, -0.05) is 11.6 Å². The average molecular weight is 321 g/mol. The predicted octanol–water partition coefficient (Wildman–Crippen LogP) is 2.41. The van der Waals surface area contributed by atoms with Crippen molar-refractivity contribution in [2.45, 2.75) is 39.0 Å².